The Morgan fingerprint density at radius 2 is 1.77 bits per heavy atom. The number of hydrogen-bond acceptors (Lipinski definition) is 1. The molecule has 0 radical (unpaired) electrons. The van der Waals surface area contributed by atoms with E-state index in [1.165, 1.54) is 24.3 Å². The van der Waals surface area contributed by atoms with Gasteiger partial charge in [-0.1, -0.05) is 38.1 Å². The predicted molar refractivity (Wildman–Crippen MR) is 44.2 cm³/mol. The summed E-state index contributed by atoms with van der Waals surface area (Å²) in [7, 11) is -6.37. The molecule has 0 saturated carbocycles. The molecule has 0 fully saturated rings. The summed E-state index contributed by atoms with van der Waals surface area (Å²) < 4.78 is 42.7. The number of rotatable bonds is 2. The normalized spacial score (nSPS) is 13.9. The maximum Gasteiger partial charge on any atom is 1.00 e. The van der Waals surface area contributed by atoms with Crippen molar-refractivity contribution in [3.05, 3.63) is 35.9 Å². The Morgan fingerprint density at radius 1 is 1.31 bits per heavy atom. The van der Waals surface area contributed by atoms with Crippen LogP contribution in [-0.4, -0.2) is 8.76 Å². The summed E-state index contributed by atoms with van der Waals surface area (Å²) in [4.78, 5) is 0. The van der Waals surface area contributed by atoms with E-state index in [2.05, 4.69) is 0 Å². The second-order valence-electron chi connectivity index (χ2n) is 2.49. The molecule has 13 heavy (non-hydrogen) atoms. The van der Waals surface area contributed by atoms with E-state index in [4.69, 9.17) is 4.55 Å². The van der Waals surface area contributed by atoms with Gasteiger partial charge in [0.1, 0.15) is 5.75 Å². The quantitative estimate of drug-likeness (QED) is 0.530. The second kappa shape index (κ2) is 4.14. The second-order valence-corrected chi connectivity index (χ2v) is 4.50. The molecule has 0 aliphatic heterocycles. The fourth-order valence-electron chi connectivity index (χ4n) is 0.843. The van der Waals surface area contributed by atoms with E-state index in [1.807, 2.05) is 0 Å². The minimum Gasteiger partial charge on any atom is -1.00 e. The Labute approximate surface area is 98.9 Å². The van der Waals surface area contributed by atoms with Crippen LogP contribution in [0.2, 0.25) is 0 Å². The van der Waals surface area contributed by atoms with Crippen LogP contribution in [0.5, 0.6) is 0 Å². The van der Waals surface area contributed by atoms with Gasteiger partial charge in [-0.3, -0.25) is 4.55 Å². The SMILES string of the molecule is O=S(O)(F)(F)Cc1ccccc1.[H-].[Na+]. The third kappa shape index (κ3) is 6.29. The molecule has 0 aliphatic carbocycles. The van der Waals surface area contributed by atoms with Crippen molar-refractivity contribution in [3.63, 3.8) is 0 Å². The molecule has 1 aromatic carbocycles. The Balaban J connectivity index is 0. The minimum atomic E-state index is -6.37. The number of halogens is 2. The molecular formula is C7H9F2NaO2S. The molecule has 0 atom stereocenters. The van der Waals surface area contributed by atoms with Crippen molar-refractivity contribution in [1.82, 2.24) is 0 Å². The van der Waals surface area contributed by atoms with E-state index in [0.717, 1.165) is 0 Å². The first-order chi connectivity index (χ1) is 5.33. The Bertz CT molecular complexity index is 330. The van der Waals surface area contributed by atoms with Gasteiger partial charge in [-0.25, -0.2) is 0 Å². The van der Waals surface area contributed by atoms with Crippen molar-refractivity contribution in [2.45, 2.75) is 5.75 Å². The van der Waals surface area contributed by atoms with Gasteiger partial charge in [0, 0.05) is 0 Å². The first kappa shape index (κ1) is 13.2. The summed E-state index contributed by atoms with van der Waals surface area (Å²) in [6.45, 7) is 0. The molecule has 0 spiro atoms. The first-order valence-electron chi connectivity index (χ1n) is 3.21. The Hall–Kier alpha value is 0.190. The smallest absolute Gasteiger partial charge is 1.00 e. The van der Waals surface area contributed by atoms with Crippen LogP contribution in [0, 0.1) is 0 Å². The van der Waals surface area contributed by atoms with Gasteiger partial charge >= 0.3 is 29.6 Å². The summed E-state index contributed by atoms with van der Waals surface area (Å²) in [5.74, 6) is -1.10. The zero-order valence-electron chi connectivity index (χ0n) is 8.11. The molecule has 0 aromatic heterocycles. The molecule has 0 saturated heterocycles. The van der Waals surface area contributed by atoms with Crippen LogP contribution >= 0.6 is 0 Å². The van der Waals surface area contributed by atoms with Crippen LogP contribution in [0.1, 0.15) is 6.99 Å². The zero-order chi connectivity index (χ0) is 9.27. The van der Waals surface area contributed by atoms with Crippen LogP contribution in [0.15, 0.2) is 30.3 Å². The summed E-state index contributed by atoms with van der Waals surface area (Å²) in [6.07, 6.45) is 0. The average Bonchev–Trinajstić information content (AvgIpc) is 1.83. The molecule has 1 aromatic rings. The van der Waals surface area contributed by atoms with Crippen LogP contribution in [-0.2, 0) is 15.9 Å². The van der Waals surface area contributed by atoms with E-state index >= 15 is 0 Å². The number of benzene rings is 1. The molecule has 0 aliphatic rings. The van der Waals surface area contributed by atoms with Crippen molar-refractivity contribution in [2.75, 3.05) is 0 Å². The van der Waals surface area contributed by atoms with Gasteiger partial charge in [-0.15, -0.1) is 4.21 Å². The van der Waals surface area contributed by atoms with E-state index in [0.29, 0.717) is 0 Å². The average molecular weight is 218 g/mol. The van der Waals surface area contributed by atoms with Gasteiger partial charge in [0.25, 0.3) is 0 Å². The maximum absolute atomic E-state index is 12.2. The molecule has 0 unspecified atom stereocenters. The van der Waals surface area contributed by atoms with Gasteiger partial charge in [0.15, 0.2) is 0 Å². The van der Waals surface area contributed by atoms with E-state index in [9.17, 15) is 12.0 Å². The van der Waals surface area contributed by atoms with Crippen molar-refractivity contribution >= 4 is 10.1 Å². The van der Waals surface area contributed by atoms with Crippen LogP contribution in [0.3, 0.4) is 0 Å². The Kier molecular flexibility index (Phi) is 4.21. The Morgan fingerprint density at radius 3 is 2.15 bits per heavy atom. The largest absolute Gasteiger partial charge is 1.00 e. The molecule has 70 valence electrons. The molecule has 2 nitrogen and oxygen atoms in total. The molecule has 6 heteroatoms. The minimum absolute atomic E-state index is 0. The van der Waals surface area contributed by atoms with Crippen molar-refractivity contribution < 1.29 is 47.5 Å². The van der Waals surface area contributed by atoms with E-state index < -0.39 is 15.9 Å². The molecular weight excluding hydrogens is 209 g/mol. The molecule has 1 rings (SSSR count). The van der Waals surface area contributed by atoms with Crippen molar-refractivity contribution in [1.29, 1.82) is 0 Å². The van der Waals surface area contributed by atoms with E-state index in [-0.39, 0.29) is 36.5 Å². The summed E-state index contributed by atoms with van der Waals surface area (Å²) in [6, 6.07) is 7.47. The third-order valence-electron chi connectivity index (χ3n) is 1.24. The molecule has 0 heterocycles. The number of hydrogen-bond donors (Lipinski definition) is 1. The summed E-state index contributed by atoms with van der Waals surface area (Å²) in [5.41, 5.74) is 0.155. The van der Waals surface area contributed by atoms with Crippen LogP contribution in [0.4, 0.5) is 7.77 Å². The molecule has 0 amide bonds. The summed E-state index contributed by atoms with van der Waals surface area (Å²) in [5, 5.41) is 0. The van der Waals surface area contributed by atoms with Gasteiger partial charge in [0.2, 0.25) is 0 Å². The van der Waals surface area contributed by atoms with Gasteiger partial charge in [-0.05, 0) is 5.56 Å². The standard InChI is InChI=1S/C7H8F2O2S.Na.H/c8-12(9,10,11)6-7-4-2-1-3-5-7;;/h1-5H,6H2,(H,10,11);;/q;+1;-1. The predicted octanol–water partition coefficient (Wildman–Crippen LogP) is -0.635. The van der Waals surface area contributed by atoms with Gasteiger partial charge < -0.3 is 1.43 Å². The zero-order valence-corrected chi connectivity index (χ0v) is 9.93. The molecule has 1 N–H and O–H groups in total. The maximum atomic E-state index is 12.2. The monoisotopic (exact) mass is 218 g/mol. The van der Waals surface area contributed by atoms with Crippen LogP contribution in [0.25, 0.3) is 0 Å². The van der Waals surface area contributed by atoms with Gasteiger partial charge in [0.05, 0.1) is 10.1 Å². The topological polar surface area (TPSA) is 37.3 Å². The fourth-order valence-corrected chi connectivity index (χ4v) is 1.57. The molecule has 0 bridgehead atoms. The van der Waals surface area contributed by atoms with E-state index in [1.54, 1.807) is 6.07 Å². The third-order valence-corrected chi connectivity index (χ3v) is 2.04. The van der Waals surface area contributed by atoms with Crippen molar-refractivity contribution in [3.8, 4) is 0 Å². The van der Waals surface area contributed by atoms with Gasteiger partial charge in [-0.2, -0.15) is 0 Å². The fraction of sp³-hybridized carbons (Fsp3) is 0.143. The first-order valence-corrected chi connectivity index (χ1v) is 5.10. The van der Waals surface area contributed by atoms with Crippen LogP contribution < -0.4 is 29.6 Å². The van der Waals surface area contributed by atoms with Crippen molar-refractivity contribution in [2.24, 2.45) is 0 Å². The summed E-state index contributed by atoms with van der Waals surface area (Å²) >= 11 is 0.